The monoisotopic (exact) mass is 571 g/mol. The van der Waals surface area contributed by atoms with E-state index in [-0.39, 0.29) is 41.5 Å². The van der Waals surface area contributed by atoms with E-state index in [0.29, 0.717) is 6.04 Å². The number of carboxylic acid groups (broad SMARTS) is 1. The lowest BCUT2D eigenvalue weighted by molar-refractivity contribution is -0.384. The molecule has 0 aliphatic carbocycles. The molecule has 0 bridgehead atoms. The highest BCUT2D eigenvalue weighted by atomic mass is 35.5. The first-order chi connectivity index (χ1) is 17.0. The number of aromatic carboxylic acids is 1. The van der Waals surface area contributed by atoms with Gasteiger partial charge in [0.25, 0.3) is 5.69 Å². The standard InChI is InChI=1S/C21H36N2O.C7H5NO4.2ClH/c1-6-13-23(14-7-2)17-20(4)16-22(5)18(3)15-21(20,24)19-11-9-8-10-12-19;9-7(10)5-1-3-6(4-2-5)8(11)12;;/h8-12,18,24H,6-7,13-17H2,1-5H3;1-4H,(H,9,10);2*1H. The van der Waals surface area contributed by atoms with Crippen molar-refractivity contribution in [3.8, 4) is 0 Å². The molecule has 1 aliphatic rings. The van der Waals surface area contributed by atoms with Gasteiger partial charge >= 0.3 is 5.97 Å². The van der Waals surface area contributed by atoms with E-state index in [1.54, 1.807) is 0 Å². The van der Waals surface area contributed by atoms with Gasteiger partial charge in [-0.2, -0.15) is 0 Å². The fourth-order valence-corrected chi connectivity index (χ4v) is 5.15. The first-order valence-electron chi connectivity index (χ1n) is 12.7. The number of likely N-dealkylation sites (tertiary alicyclic amines) is 1. The first kappa shape index (κ1) is 35.8. The minimum Gasteiger partial charge on any atom is -0.478 e. The van der Waals surface area contributed by atoms with Gasteiger partial charge in [0.2, 0.25) is 0 Å². The van der Waals surface area contributed by atoms with Crippen LogP contribution in [-0.4, -0.2) is 70.2 Å². The lowest BCUT2D eigenvalue weighted by Crippen LogP contribution is -2.62. The predicted octanol–water partition coefficient (Wildman–Crippen LogP) is 5.86. The van der Waals surface area contributed by atoms with Crippen molar-refractivity contribution in [1.29, 1.82) is 0 Å². The molecule has 0 spiro atoms. The minimum atomic E-state index is -1.09. The van der Waals surface area contributed by atoms with Gasteiger partial charge in [-0.3, -0.25) is 10.1 Å². The molecular weight excluding hydrogens is 529 g/mol. The summed E-state index contributed by atoms with van der Waals surface area (Å²) in [7, 11) is 2.19. The number of rotatable bonds is 9. The van der Waals surface area contributed by atoms with Crippen LogP contribution in [-0.2, 0) is 5.60 Å². The van der Waals surface area contributed by atoms with Crippen molar-refractivity contribution in [2.24, 2.45) is 5.41 Å². The van der Waals surface area contributed by atoms with E-state index in [2.05, 4.69) is 56.7 Å². The molecule has 1 fully saturated rings. The molecule has 0 radical (unpaired) electrons. The number of nitrogens with zero attached hydrogens (tertiary/aromatic N) is 3. The predicted molar refractivity (Wildman–Crippen MR) is 157 cm³/mol. The zero-order valence-electron chi connectivity index (χ0n) is 23.0. The Kier molecular flexibility index (Phi) is 15.1. The first-order valence-corrected chi connectivity index (χ1v) is 12.7. The summed E-state index contributed by atoms with van der Waals surface area (Å²) in [6.07, 6.45) is 3.11. The Labute approximate surface area is 239 Å². The Morgan fingerprint density at radius 2 is 1.61 bits per heavy atom. The molecule has 214 valence electrons. The Bertz CT molecular complexity index is 957. The number of piperidine rings is 1. The normalized spacial score (nSPS) is 22.9. The van der Waals surface area contributed by atoms with Crippen molar-refractivity contribution < 1.29 is 19.9 Å². The van der Waals surface area contributed by atoms with Gasteiger partial charge in [0, 0.05) is 36.7 Å². The van der Waals surface area contributed by atoms with E-state index in [4.69, 9.17) is 5.11 Å². The molecular formula is C28H43Cl2N3O5. The van der Waals surface area contributed by atoms with Gasteiger partial charge in [-0.1, -0.05) is 51.1 Å². The quantitative estimate of drug-likeness (QED) is 0.286. The number of nitro benzene ring substituents is 1. The summed E-state index contributed by atoms with van der Waals surface area (Å²) < 4.78 is 0. The molecule has 1 heterocycles. The molecule has 1 aliphatic heterocycles. The van der Waals surface area contributed by atoms with Crippen LogP contribution in [0.4, 0.5) is 5.69 Å². The van der Waals surface area contributed by atoms with Crippen molar-refractivity contribution in [3.05, 3.63) is 75.8 Å². The lowest BCUT2D eigenvalue weighted by atomic mass is 9.63. The Balaban J connectivity index is 0.000000831. The van der Waals surface area contributed by atoms with Crippen LogP contribution in [0.2, 0.25) is 0 Å². The van der Waals surface area contributed by atoms with Gasteiger partial charge in [-0.05, 0) is 64.0 Å². The summed E-state index contributed by atoms with van der Waals surface area (Å²) >= 11 is 0. The van der Waals surface area contributed by atoms with Crippen LogP contribution in [0, 0.1) is 15.5 Å². The minimum absolute atomic E-state index is 0. The van der Waals surface area contributed by atoms with Crippen LogP contribution in [0.5, 0.6) is 0 Å². The zero-order chi connectivity index (χ0) is 26.9. The number of benzene rings is 2. The molecule has 38 heavy (non-hydrogen) atoms. The number of carbonyl (C=O) groups is 1. The molecule has 10 heteroatoms. The number of hydrogen-bond donors (Lipinski definition) is 2. The fraction of sp³-hybridized carbons (Fsp3) is 0.536. The highest BCUT2D eigenvalue weighted by molar-refractivity contribution is 5.87. The molecule has 0 aromatic heterocycles. The molecule has 2 N–H and O–H groups in total. The average Bonchev–Trinajstić information content (AvgIpc) is 2.84. The van der Waals surface area contributed by atoms with Crippen LogP contribution < -0.4 is 0 Å². The van der Waals surface area contributed by atoms with Crippen molar-refractivity contribution in [3.63, 3.8) is 0 Å². The van der Waals surface area contributed by atoms with E-state index in [1.807, 2.05) is 18.2 Å². The second kappa shape index (κ2) is 16.0. The second-order valence-corrected chi connectivity index (χ2v) is 10.1. The summed E-state index contributed by atoms with van der Waals surface area (Å²) in [5, 5.41) is 30.5. The van der Waals surface area contributed by atoms with Gasteiger partial charge in [0.1, 0.15) is 0 Å². The van der Waals surface area contributed by atoms with E-state index < -0.39 is 16.5 Å². The number of non-ortho nitro benzene ring substituents is 1. The number of carboxylic acids is 1. The third-order valence-corrected chi connectivity index (χ3v) is 7.17. The number of hydrogen-bond acceptors (Lipinski definition) is 6. The Morgan fingerprint density at radius 1 is 1.08 bits per heavy atom. The summed E-state index contributed by atoms with van der Waals surface area (Å²) in [5.41, 5.74) is 0.0425. The van der Waals surface area contributed by atoms with Crippen molar-refractivity contribution in [1.82, 2.24) is 9.80 Å². The Morgan fingerprint density at radius 3 is 2.05 bits per heavy atom. The van der Waals surface area contributed by atoms with Gasteiger partial charge < -0.3 is 20.0 Å². The largest absolute Gasteiger partial charge is 0.478 e. The molecule has 8 nitrogen and oxygen atoms in total. The van der Waals surface area contributed by atoms with E-state index >= 15 is 0 Å². The molecule has 0 saturated carbocycles. The van der Waals surface area contributed by atoms with Crippen LogP contribution in [0.15, 0.2) is 54.6 Å². The van der Waals surface area contributed by atoms with Crippen LogP contribution in [0.1, 0.15) is 62.9 Å². The maximum absolute atomic E-state index is 11.9. The van der Waals surface area contributed by atoms with Gasteiger partial charge in [-0.15, -0.1) is 24.8 Å². The molecule has 3 rings (SSSR count). The molecule has 3 atom stereocenters. The number of aliphatic hydroxyl groups is 1. The van der Waals surface area contributed by atoms with Crippen LogP contribution in [0.25, 0.3) is 0 Å². The molecule has 2 aromatic rings. The highest BCUT2D eigenvalue weighted by Gasteiger charge is 2.53. The topological polar surface area (TPSA) is 107 Å². The molecule has 2 aromatic carbocycles. The van der Waals surface area contributed by atoms with E-state index in [9.17, 15) is 20.0 Å². The van der Waals surface area contributed by atoms with Crippen LogP contribution >= 0.6 is 24.8 Å². The third kappa shape index (κ3) is 8.92. The summed E-state index contributed by atoms with van der Waals surface area (Å²) in [4.78, 5) is 24.8. The fourth-order valence-electron chi connectivity index (χ4n) is 5.15. The van der Waals surface area contributed by atoms with Gasteiger partial charge in [-0.25, -0.2) is 4.79 Å². The summed E-state index contributed by atoms with van der Waals surface area (Å²) in [5.74, 6) is -1.09. The van der Waals surface area contributed by atoms with Gasteiger partial charge in [0.15, 0.2) is 0 Å². The molecule has 0 amide bonds. The summed E-state index contributed by atoms with van der Waals surface area (Å²) in [6.45, 7) is 13.1. The second-order valence-electron chi connectivity index (χ2n) is 10.1. The van der Waals surface area contributed by atoms with Crippen molar-refractivity contribution in [2.75, 3.05) is 33.2 Å². The SMILES string of the molecule is CCCN(CCC)CC1(C)CN(C)C(C)CC1(O)c1ccccc1.Cl.Cl.O=C(O)c1ccc([N+](=O)[O-])cc1. The maximum atomic E-state index is 11.9. The van der Waals surface area contributed by atoms with Gasteiger partial charge in [0.05, 0.1) is 16.1 Å². The zero-order valence-corrected chi connectivity index (χ0v) is 24.6. The lowest BCUT2D eigenvalue weighted by Gasteiger charge is -2.55. The highest BCUT2D eigenvalue weighted by Crippen LogP contribution is 2.48. The third-order valence-electron chi connectivity index (χ3n) is 7.17. The van der Waals surface area contributed by atoms with Crippen molar-refractivity contribution >= 4 is 36.5 Å². The van der Waals surface area contributed by atoms with Crippen molar-refractivity contribution in [2.45, 2.75) is 58.6 Å². The number of nitro groups is 1. The summed E-state index contributed by atoms with van der Waals surface area (Å²) in [6, 6.07) is 15.4. The van der Waals surface area contributed by atoms with E-state index in [0.717, 1.165) is 63.1 Å². The molecule has 3 unspecified atom stereocenters. The number of halogens is 2. The average molecular weight is 573 g/mol. The van der Waals surface area contributed by atoms with Crippen LogP contribution in [0.3, 0.4) is 0 Å². The Hall–Kier alpha value is -2.23. The molecule has 1 saturated heterocycles. The smallest absolute Gasteiger partial charge is 0.335 e. The van der Waals surface area contributed by atoms with E-state index in [1.165, 1.54) is 12.1 Å². The maximum Gasteiger partial charge on any atom is 0.335 e.